The van der Waals surface area contributed by atoms with E-state index in [9.17, 15) is 9.59 Å². The van der Waals surface area contributed by atoms with Gasteiger partial charge in [0, 0.05) is 24.9 Å². The van der Waals surface area contributed by atoms with Crippen LogP contribution in [0.3, 0.4) is 0 Å². The van der Waals surface area contributed by atoms with Crippen molar-refractivity contribution in [1.82, 2.24) is 9.55 Å². The van der Waals surface area contributed by atoms with Crippen molar-refractivity contribution in [3.05, 3.63) is 58.8 Å². The Labute approximate surface area is 120 Å². The third kappa shape index (κ3) is 2.84. The lowest BCUT2D eigenvalue weighted by molar-refractivity contribution is -0.116. The van der Waals surface area contributed by atoms with Gasteiger partial charge in [0.05, 0.1) is 0 Å². The van der Waals surface area contributed by atoms with Crippen LogP contribution in [0, 0.1) is 6.92 Å². The number of fused-ring (bicyclic) bond motifs is 1. The Kier molecular flexibility index (Phi) is 3.27. The van der Waals surface area contributed by atoms with E-state index in [2.05, 4.69) is 10.3 Å². The first-order valence-electron chi connectivity index (χ1n) is 6.44. The average molecular weight is 283 g/mol. The van der Waals surface area contributed by atoms with E-state index in [0.717, 1.165) is 0 Å². The molecule has 0 radical (unpaired) electrons. The molecule has 3 aromatic rings. The van der Waals surface area contributed by atoms with E-state index in [4.69, 9.17) is 4.42 Å². The summed E-state index contributed by atoms with van der Waals surface area (Å²) in [5, 5.41) is 2.74. The van der Waals surface area contributed by atoms with Crippen molar-refractivity contribution in [2.45, 2.75) is 13.5 Å². The van der Waals surface area contributed by atoms with Gasteiger partial charge in [-0.05, 0) is 24.3 Å². The zero-order valence-corrected chi connectivity index (χ0v) is 11.4. The minimum atomic E-state index is -0.275. The van der Waals surface area contributed by atoms with Crippen LogP contribution in [0.25, 0.3) is 11.1 Å². The maximum absolute atomic E-state index is 12.0. The molecule has 0 fully saturated rings. The summed E-state index contributed by atoms with van der Waals surface area (Å²) in [7, 11) is 0. The topological polar surface area (TPSA) is 77.1 Å². The van der Waals surface area contributed by atoms with Gasteiger partial charge in [-0.2, -0.15) is 0 Å². The summed E-state index contributed by atoms with van der Waals surface area (Å²) in [5.74, 6) is 0.298. The Morgan fingerprint density at radius 3 is 3.00 bits per heavy atom. The molecule has 6 nitrogen and oxygen atoms in total. The number of aromatic nitrogens is 2. The molecule has 0 spiro atoms. The fourth-order valence-corrected chi connectivity index (χ4v) is 2.07. The number of amides is 1. The highest BCUT2D eigenvalue weighted by atomic mass is 16.3. The molecule has 0 saturated heterocycles. The van der Waals surface area contributed by atoms with Crippen LogP contribution >= 0.6 is 0 Å². The lowest BCUT2D eigenvalue weighted by atomic mass is 10.3. The number of nitrogens with zero attached hydrogens (tertiary/aromatic N) is 2. The molecule has 2 heterocycles. The number of oxazole rings is 1. The van der Waals surface area contributed by atoms with Crippen LogP contribution in [0.4, 0.5) is 5.69 Å². The quantitative estimate of drug-likeness (QED) is 0.796. The number of nitrogens with one attached hydrogen (secondary N) is 1. The van der Waals surface area contributed by atoms with Gasteiger partial charge in [0.15, 0.2) is 11.5 Å². The number of rotatable bonds is 3. The number of hydrogen-bond donors (Lipinski definition) is 1. The van der Waals surface area contributed by atoms with Crippen molar-refractivity contribution in [2.24, 2.45) is 0 Å². The van der Waals surface area contributed by atoms with E-state index in [1.807, 2.05) is 0 Å². The second-order valence-electron chi connectivity index (χ2n) is 4.63. The molecule has 0 aliphatic rings. The SMILES string of the molecule is Cc1nc2cc(NC(=O)Cn3ccccc3=O)ccc2o1. The molecule has 6 heteroatoms. The van der Waals surface area contributed by atoms with Crippen LogP contribution in [0.2, 0.25) is 0 Å². The van der Waals surface area contributed by atoms with Gasteiger partial charge in [-0.1, -0.05) is 6.07 Å². The standard InChI is InChI=1S/C15H13N3O3/c1-10-16-12-8-11(5-6-13(12)21-10)17-14(19)9-18-7-3-2-4-15(18)20/h2-8H,9H2,1H3,(H,17,19). The van der Waals surface area contributed by atoms with Crippen molar-refractivity contribution >= 4 is 22.7 Å². The predicted molar refractivity (Wildman–Crippen MR) is 78.1 cm³/mol. The van der Waals surface area contributed by atoms with Crippen LogP contribution in [-0.4, -0.2) is 15.5 Å². The van der Waals surface area contributed by atoms with E-state index in [1.54, 1.807) is 43.5 Å². The number of benzene rings is 1. The lowest BCUT2D eigenvalue weighted by Crippen LogP contribution is -2.26. The van der Waals surface area contributed by atoms with Gasteiger partial charge in [0.1, 0.15) is 12.1 Å². The van der Waals surface area contributed by atoms with Crippen molar-refractivity contribution in [1.29, 1.82) is 0 Å². The van der Waals surface area contributed by atoms with E-state index in [-0.39, 0.29) is 18.0 Å². The number of aryl methyl sites for hydroxylation is 1. The third-order valence-corrected chi connectivity index (χ3v) is 2.99. The Hall–Kier alpha value is -2.89. The molecule has 0 atom stereocenters. The highest BCUT2D eigenvalue weighted by molar-refractivity contribution is 5.92. The maximum atomic E-state index is 12.0. The second-order valence-corrected chi connectivity index (χ2v) is 4.63. The van der Waals surface area contributed by atoms with Gasteiger partial charge in [-0.3, -0.25) is 9.59 Å². The normalized spacial score (nSPS) is 10.7. The van der Waals surface area contributed by atoms with Crippen molar-refractivity contribution < 1.29 is 9.21 Å². The van der Waals surface area contributed by atoms with Gasteiger partial charge in [0.2, 0.25) is 5.91 Å². The maximum Gasteiger partial charge on any atom is 0.250 e. The third-order valence-electron chi connectivity index (χ3n) is 2.99. The average Bonchev–Trinajstić information content (AvgIpc) is 2.80. The van der Waals surface area contributed by atoms with Crippen LogP contribution in [0.15, 0.2) is 51.8 Å². The minimum absolute atomic E-state index is 0.0322. The molecule has 106 valence electrons. The van der Waals surface area contributed by atoms with Gasteiger partial charge in [-0.15, -0.1) is 0 Å². The van der Waals surface area contributed by atoms with Crippen molar-refractivity contribution in [3.63, 3.8) is 0 Å². The van der Waals surface area contributed by atoms with Gasteiger partial charge < -0.3 is 14.3 Å². The Balaban J connectivity index is 1.77. The van der Waals surface area contributed by atoms with Gasteiger partial charge in [0.25, 0.3) is 5.56 Å². The molecule has 1 N–H and O–H groups in total. The van der Waals surface area contributed by atoms with Crippen LogP contribution < -0.4 is 10.9 Å². The van der Waals surface area contributed by atoms with Crippen molar-refractivity contribution in [2.75, 3.05) is 5.32 Å². The summed E-state index contributed by atoms with van der Waals surface area (Å²) in [6, 6.07) is 9.98. The van der Waals surface area contributed by atoms with Crippen LogP contribution in [0.5, 0.6) is 0 Å². The van der Waals surface area contributed by atoms with Crippen LogP contribution in [-0.2, 0) is 11.3 Å². The first-order valence-corrected chi connectivity index (χ1v) is 6.44. The number of pyridine rings is 1. The molecule has 0 unspecified atom stereocenters. The van der Waals surface area contributed by atoms with E-state index in [0.29, 0.717) is 22.7 Å². The number of carbonyl (C=O) groups excluding carboxylic acids is 1. The summed E-state index contributed by atoms with van der Waals surface area (Å²) in [4.78, 5) is 27.7. The van der Waals surface area contributed by atoms with E-state index >= 15 is 0 Å². The van der Waals surface area contributed by atoms with E-state index in [1.165, 1.54) is 10.6 Å². The largest absolute Gasteiger partial charge is 0.441 e. The van der Waals surface area contributed by atoms with Gasteiger partial charge >= 0.3 is 0 Å². The molecule has 21 heavy (non-hydrogen) atoms. The Morgan fingerprint density at radius 1 is 1.33 bits per heavy atom. The molecule has 2 aromatic heterocycles. The summed E-state index contributed by atoms with van der Waals surface area (Å²) >= 11 is 0. The number of carbonyl (C=O) groups is 1. The molecular weight excluding hydrogens is 270 g/mol. The monoisotopic (exact) mass is 283 g/mol. The smallest absolute Gasteiger partial charge is 0.250 e. The molecule has 1 amide bonds. The van der Waals surface area contributed by atoms with Gasteiger partial charge in [-0.25, -0.2) is 4.98 Å². The molecule has 1 aromatic carbocycles. The molecule has 0 aliphatic heterocycles. The van der Waals surface area contributed by atoms with Crippen LogP contribution in [0.1, 0.15) is 5.89 Å². The summed E-state index contributed by atoms with van der Waals surface area (Å²) in [5.41, 5.74) is 1.76. The summed E-state index contributed by atoms with van der Waals surface area (Å²) < 4.78 is 6.71. The highest BCUT2D eigenvalue weighted by Crippen LogP contribution is 2.19. The zero-order valence-electron chi connectivity index (χ0n) is 11.4. The molecule has 0 saturated carbocycles. The minimum Gasteiger partial charge on any atom is -0.441 e. The number of hydrogen-bond acceptors (Lipinski definition) is 4. The highest BCUT2D eigenvalue weighted by Gasteiger charge is 2.07. The first kappa shape index (κ1) is 13.1. The summed E-state index contributed by atoms with van der Waals surface area (Å²) in [6.07, 6.45) is 1.58. The zero-order chi connectivity index (χ0) is 14.8. The molecule has 0 bridgehead atoms. The molecular formula is C15H13N3O3. The predicted octanol–water partition coefficient (Wildman–Crippen LogP) is 1.94. The Bertz CT molecular complexity index is 864. The fourth-order valence-electron chi connectivity index (χ4n) is 2.07. The fraction of sp³-hybridized carbons (Fsp3) is 0.133. The second kappa shape index (κ2) is 5.24. The summed E-state index contributed by atoms with van der Waals surface area (Å²) in [6.45, 7) is 1.73. The molecule has 3 rings (SSSR count). The molecule has 0 aliphatic carbocycles. The van der Waals surface area contributed by atoms with E-state index < -0.39 is 0 Å². The first-order chi connectivity index (χ1) is 10.1. The Morgan fingerprint density at radius 2 is 2.19 bits per heavy atom. The number of anilines is 1. The van der Waals surface area contributed by atoms with Crippen molar-refractivity contribution in [3.8, 4) is 0 Å². The lowest BCUT2D eigenvalue weighted by Gasteiger charge is -2.06.